The van der Waals surface area contributed by atoms with Crippen LogP contribution in [0.2, 0.25) is 0 Å². The van der Waals surface area contributed by atoms with Crippen LogP contribution in [0.25, 0.3) is 0 Å². The van der Waals surface area contributed by atoms with Crippen molar-refractivity contribution in [3.05, 3.63) is 0 Å². The number of piperidine rings is 1. The van der Waals surface area contributed by atoms with Crippen molar-refractivity contribution in [3.8, 4) is 0 Å². The molecule has 0 aromatic carbocycles. The average molecular weight is 348 g/mol. The van der Waals surface area contributed by atoms with Gasteiger partial charge in [0.05, 0.1) is 5.92 Å². The number of hydrogen-bond donors (Lipinski definition) is 2. The predicted octanol–water partition coefficient (Wildman–Crippen LogP) is -0.0219. The lowest BCUT2D eigenvalue weighted by atomic mass is 9.87. The van der Waals surface area contributed by atoms with Crippen LogP contribution in [0, 0.1) is 5.92 Å². The molecule has 1 atom stereocenters. The van der Waals surface area contributed by atoms with Crippen molar-refractivity contribution in [2.75, 3.05) is 19.6 Å². The first-order valence-electron chi connectivity index (χ1n) is 9.20. The first-order chi connectivity index (χ1) is 12.0. The fraction of sp³-hybridized carbons (Fsp3) is 0.765. The average Bonchev–Trinajstić information content (AvgIpc) is 3.28. The van der Waals surface area contributed by atoms with Crippen LogP contribution < -0.4 is 10.6 Å². The molecular formula is C17H24N4O4. The van der Waals surface area contributed by atoms with Crippen LogP contribution in [0.1, 0.15) is 44.9 Å². The minimum absolute atomic E-state index is 0.00780. The van der Waals surface area contributed by atoms with Crippen molar-refractivity contribution >= 4 is 23.8 Å². The minimum Gasteiger partial charge on any atom is -0.342 e. The molecule has 0 radical (unpaired) electrons. The number of rotatable bonds is 2. The summed E-state index contributed by atoms with van der Waals surface area (Å²) in [5, 5.41) is 4.97. The van der Waals surface area contributed by atoms with Gasteiger partial charge in [0.1, 0.15) is 5.54 Å². The van der Waals surface area contributed by atoms with Gasteiger partial charge in [-0.05, 0) is 25.7 Å². The van der Waals surface area contributed by atoms with Gasteiger partial charge < -0.3 is 15.1 Å². The second kappa shape index (κ2) is 6.00. The van der Waals surface area contributed by atoms with Crippen molar-refractivity contribution in [1.29, 1.82) is 0 Å². The van der Waals surface area contributed by atoms with Crippen molar-refractivity contribution in [3.63, 3.8) is 0 Å². The van der Waals surface area contributed by atoms with Gasteiger partial charge >= 0.3 is 6.03 Å². The van der Waals surface area contributed by atoms with E-state index in [9.17, 15) is 19.2 Å². The molecule has 1 spiro atoms. The van der Waals surface area contributed by atoms with Crippen LogP contribution in [0.5, 0.6) is 0 Å². The summed E-state index contributed by atoms with van der Waals surface area (Å²) in [7, 11) is 0. The fourth-order valence-corrected chi connectivity index (χ4v) is 4.71. The van der Waals surface area contributed by atoms with Crippen molar-refractivity contribution in [1.82, 2.24) is 20.4 Å². The monoisotopic (exact) mass is 348 g/mol. The summed E-state index contributed by atoms with van der Waals surface area (Å²) in [5.74, 6) is -0.461. The molecule has 3 heterocycles. The zero-order chi connectivity index (χ0) is 17.6. The summed E-state index contributed by atoms with van der Waals surface area (Å²) in [6, 6.07) is -0.148. The Hall–Kier alpha value is -2.12. The number of nitrogens with zero attached hydrogens (tertiary/aromatic N) is 2. The zero-order valence-electron chi connectivity index (χ0n) is 14.3. The number of amides is 5. The predicted molar refractivity (Wildman–Crippen MR) is 87.3 cm³/mol. The first kappa shape index (κ1) is 16.4. The molecule has 3 aliphatic heterocycles. The summed E-state index contributed by atoms with van der Waals surface area (Å²) in [5.41, 5.74) is -0.866. The van der Waals surface area contributed by atoms with Gasteiger partial charge in [-0.2, -0.15) is 0 Å². The summed E-state index contributed by atoms with van der Waals surface area (Å²) >= 11 is 0. The highest BCUT2D eigenvalue weighted by Crippen LogP contribution is 2.32. The van der Waals surface area contributed by atoms with Gasteiger partial charge in [-0.15, -0.1) is 0 Å². The molecule has 0 unspecified atom stereocenters. The standard InChI is InChI=1S/C17H24N4O4/c22-13-9-11(10-21(13)12-3-1-2-4-12)14(23)20-7-5-17(6-8-20)15(24)18-16(25)19-17/h11-12H,1-10H2,(H2,18,19,24,25)/t11-/m0/s1. The summed E-state index contributed by atoms with van der Waals surface area (Å²) in [6.45, 7) is 1.39. The van der Waals surface area contributed by atoms with Gasteiger partial charge in [0.15, 0.2) is 0 Å². The lowest BCUT2D eigenvalue weighted by molar-refractivity contribution is -0.139. The van der Waals surface area contributed by atoms with Crippen LogP contribution in [0.4, 0.5) is 4.79 Å². The molecule has 0 bridgehead atoms. The molecule has 4 aliphatic rings. The fourth-order valence-electron chi connectivity index (χ4n) is 4.71. The second-order valence-electron chi connectivity index (χ2n) is 7.70. The molecule has 5 amide bonds. The number of nitrogens with one attached hydrogen (secondary N) is 2. The van der Waals surface area contributed by atoms with E-state index in [2.05, 4.69) is 10.6 Å². The second-order valence-corrected chi connectivity index (χ2v) is 7.70. The summed E-state index contributed by atoms with van der Waals surface area (Å²) in [4.78, 5) is 52.1. The van der Waals surface area contributed by atoms with E-state index in [-0.39, 0.29) is 23.6 Å². The van der Waals surface area contributed by atoms with Crippen molar-refractivity contribution in [2.24, 2.45) is 5.92 Å². The first-order valence-corrected chi connectivity index (χ1v) is 9.20. The van der Waals surface area contributed by atoms with Crippen molar-refractivity contribution in [2.45, 2.75) is 56.5 Å². The molecule has 1 aliphatic carbocycles. The number of urea groups is 1. The Morgan fingerprint density at radius 2 is 1.76 bits per heavy atom. The highest BCUT2D eigenvalue weighted by Gasteiger charge is 2.49. The number of likely N-dealkylation sites (tertiary alicyclic amines) is 2. The van der Waals surface area contributed by atoms with Gasteiger partial charge in [0.2, 0.25) is 11.8 Å². The van der Waals surface area contributed by atoms with E-state index < -0.39 is 11.6 Å². The molecule has 4 rings (SSSR count). The Morgan fingerprint density at radius 1 is 1.08 bits per heavy atom. The highest BCUT2D eigenvalue weighted by atomic mass is 16.2. The number of imide groups is 1. The van der Waals surface area contributed by atoms with Gasteiger partial charge in [0.25, 0.3) is 5.91 Å². The molecule has 1 saturated carbocycles. The highest BCUT2D eigenvalue weighted by molar-refractivity contribution is 6.07. The number of hydrogen-bond acceptors (Lipinski definition) is 4. The van der Waals surface area contributed by atoms with E-state index in [1.165, 1.54) is 0 Å². The smallest absolute Gasteiger partial charge is 0.322 e. The van der Waals surface area contributed by atoms with Crippen LogP contribution in [-0.2, 0) is 14.4 Å². The van der Waals surface area contributed by atoms with Crippen molar-refractivity contribution < 1.29 is 19.2 Å². The topological polar surface area (TPSA) is 98.8 Å². The number of carbonyl (C=O) groups is 4. The van der Waals surface area contributed by atoms with Gasteiger partial charge in [-0.3, -0.25) is 19.7 Å². The largest absolute Gasteiger partial charge is 0.342 e. The maximum atomic E-state index is 12.8. The Labute approximate surface area is 146 Å². The van der Waals surface area contributed by atoms with Gasteiger partial charge in [0, 0.05) is 32.1 Å². The number of carbonyl (C=O) groups excluding carboxylic acids is 4. The van der Waals surface area contributed by atoms with Gasteiger partial charge in [-0.25, -0.2) is 4.79 Å². The molecular weight excluding hydrogens is 324 g/mol. The van der Waals surface area contributed by atoms with E-state index in [4.69, 9.17) is 0 Å². The van der Waals surface area contributed by atoms with Crippen LogP contribution in [0.3, 0.4) is 0 Å². The Bertz CT molecular complexity index is 620. The third kappa shape index (κ3) is 2.77. The molecule has 136 valence electrons. The molecule has 8 nitrogen and oxygen atoms in total. The third-order valence-electron chi connectivity index (χ3n) is 6.22. The molecule has 25 heavy (non-hydrogen) atoms. The summed E-state index contributed by atoms with van der Waals surface area (Å²) < 4.78 is 0. The van der Waals surface area contributed by atoms with E-state index in [1.54, 1.807) is 4.90 Å². The lowest BCUT2D eigenvalue weighted by Gasteiger charge is -2.38. The molecule has 4 fully saturated rings. The normalized spacial score (nSPS) is 29.4. The Balaban J connectivity index is 1.36. The maximum absolute atomic E-state index is 12.8. The molecule has 0 aromatic rings. The quantitative estimate of drug-likeness (QED) is 0.685. The molecule has 3 saturated heterocycles. The van der Waals surface area contributed by atoms with Crippen LogP contribution in [0.15, 0.2) is 0 Å². The van der Waals surface area contributed by atoms with E-state index >= 15 is 0 Å². The molecule has 2 N–H and O–H groups in total. The van der Waals surface area contributed by atoms with E-state index in [0.717, 1.165) is 25.7 Å². The molecule has 0 aromatic heterocycles. The SMILES string of the molecule is O=C1NC(=O)C2(CCN(C(=O)[C@H]3CC(=O)N(C4CCCC4)C3)CC2)N1. The Morgan fingerprint density at radius 3 is 2.36 bits per heavy atom. The third-order valence-corrected chi connectivity index (χ3v) is 6.22. The Kier molecular flexibility index (Phi) is 3.92. The summed E-state index contributed by atoms with van der Waals surface area (Å²) in [6.07, 6.45) is 5.56. The maximum Gasteiger partial charge on any atom is 0.322 e. The lowest BCUT2D eigenvalue weighted by Crippen LogP contribution is -2.56. The zero-order valence-corrected chi connectivity index (χ0v) is 14.3. The van der Waals surface area contributed by atoms with E-state index in [0.29, 0.717) is 44.9 Å². The van der Waals surface area contributed by atoms with Gasteiger partial charge in [-0.1, -0.05) is 12.8 Å². The van der Waals surface area contributed by atoms with Crippen LogP contribution >= 0.6 is 0 Å². The molecule has 8 heteroatoms. The van der Waals surface area contributed by atoms with E-state index in [1.807, 2.05) is 4.90 Å². The van der Waals surface area contributed by atoms with Crippen LogP contribution in [-0.4, -0.2) is 64.8 Å². The minimum atomic E-state index is -0.866.